The molecule has 3 nitrogen and oxygen atoms in total. The smallest absolute Gasteiger partial charge is 0.146 e. The molecule has 0 bridgehead atoms. The second-order valence-corrected chi connectivity index (χ2v) is 3.78. The van der Waals surface area contributed by atoms with Gasteiger partial charge in [-0.15, -0.1) is 5.11 Å². The predicted octanol–water partition coefficient (Wildman–Crippen LogP) is 4.76. The third-order valence-corrected chi connectivity index (χ3v) is 2.44. The molecule has 86 valence electrons. The molecule has 0 saturated carbocycles. The van der Waals surface area contributed by atoms with Gasteiger partial charge in [0.05, 0.1) is 12.8 Å². The molecular weight excluding hydrogens is 236 g/mol. The van der Waals surface area contributed by atoms with E-state index >= 15 is 0 Å². The van der Waals surface area contributed by atoms with E-state index < -0.39 is 0 Å². The normalized spacial score (nSPS) is 10.7. The molecule has 17 heavy (non-hydrogen) atoms. The Balaban J connectivity index is 2.22. The molecule has 0 saturated heterocycles. The first-order chi connectivity index (χ1) is 8.29. The molecule has 2 aromatic carbocycles. The number of methoxy groups -OCH3 is 1. The van der Waals surface area contributed by atoms with Crippen molar-refractivity contribution in [3.63, 3.8) is 0 Å². The van der Waals surface area contributed by atoms with Crippen molar-refractivity contribution in [3.8, 4) is 5.75 Å². The average molecular weight is 247 g/mol. The number of para-hydroxylation sites is 1. The summed E-state index contributed by atoms with van der Waals surface area (Å²) >= 11 is 5.78. The van der Waals surface area contributed by atoms with E-state index in [9.17, 15) is 0 Å². The summed E-state index contributed by atoms with van der Waals surface area (Å²) in [7, 11) is 1.61. The molecule has 0 unspecified atom stereocenters. The summed E-state index contributed by atoms with van der Waals surface area (Å²) in [6.45, 7) is 0. The van der Waals surface area contributed by atoms with Gasteiger partial charge in [0, 0.05) is 5.02 Å². The summed E-state index contributed by atoms with van der Waals surface area (Å²) in [6.07, 6.45) is 0. The summed E-state index contributed by atoms with van der Waals surface area (Å²) in [6, 6.07) is 14.6. The molecule has 0 aliphatic carbocycles. The minimum Gasteiger partial charge on any atom is -0.494 e. The average Bonchev–Trinajstić information content (AvgIpc) is 2.38. The molecule has 0 heterocycles. The standard InChI is InChI=1S/C13H11ClN2O/c1-17-13-5-3-2-4-12(13)16-15-11-8-6-10(14)7-9-11/h2-9H,1H3. The Hall–Kier alpha value is -1.87. The Morgan fingerprint density at radius 3 is 2.35 bits per heavy atom. The minimum absolute atomic E-state index is 0.682. The van der Waals surface area contributed by atoms with Gasteiger partial charge >= 0.3 is 0 Å². The fraction of sp³-hybridized carbons (Fsp3) is 0.0769. The maximum atomic E-state index is 5.78. The van der Waals surface area contributed by atoms with Crippen molar-refractivity contribution in [3.05, 3.63) is 53.6 Å². The van der Waals surface area contributed by atoms with Crippen LogP contribution >= 0.6 is 11.6 Å². The highest BCUT2D eigenvalue weighted by atomic mass is 35.5. The van der Waals surface area contributed by atoms with E-state index in [2.05, 4.69) is 10.2 Å². The monoisotopic (exact) mass is 246 g/mol. The van der Waals surface area contributed by atoms with Crippen LogP contribution in [0.4, 0.5) is 11.4 Å². The second kappa shape index (κ2) is 5.46. The van der Waals surface area contributed by atoms with Gasteiger partial charge in [-0.05, 0) is 36.4 Å². The van der Waals surface area contributed by atoms with E-state index in [0.717, 1.165) is 5.69 Å². The van der Waals surface area contributed by atoms with Crippen LogP contribution in [-0.2, 0) is 0 Å². The van der Waals surface area contributed by atoms with Crippen molar-refractivity contribution in [2.45, 2.75) is 0 Å². The van der Waals surface area contributed by atoms with Crippen molar-refractivity contribution >= 4 is 23.0 Å². The summed E-state index contributed by atoms with van der Waals surface area (Å²) in [5, 5.41) is 8.93. The van der Waals surface area contributed by atoms with Crippen LogP contribution < -0.4 is 4.74 Å². The van der Waals surface area contributed by atoms with E-state index in [1.807, 2.05) is 24.3 Å². The summed E-state index contributed by atoms with van der Waals surface area (Å²) < 4.78 is 5.18. The SMILES string of the molecule is COc1ccccc1N=Nc1ccc(Cl)cc1. The number of hydrogen-bond acceptors (Lipinski definition) is 3. The Morgan fingerprint density at radius 1 is 0.941 bits per heavy atom. The van der Waals surface area contributed by atoms with Gasteiger partial charge in [-0.3, -0.25) is 0 Å². The summed E-state index contributed by atoms with van der Waals surface area (Å²) in [4.78, 5) is 0. The number of halogens is 1. The summed E-state index contributed by atoms with van der Waals surface area (Å²) in [5.41, 5.74) is 1.45. The number of benzene rings is 2. The van der Waals surface area contributed by atoms with Crippen LogP contribution in [-0.4, -0.2) is 7.11 Å². The Labute approximate surface area is 105 Å². The molecule has 0 aliphatic rings. The van der Waals surface area contributed by atoms with Crippen LogP contribution in [0, 0.1) is 0 Å². The zero-order valence-corrected chi connectivity index (χ0v) is 10.1. The van der Waals surface area contributed by atoms with Crippen molar-refractivity contribution in [2.75, 3.05) is 7.11 Å². The van der Waals surface area contributed by atoms with Gasteiger partial charge in [0.2, 0.25) is 0 Å². The second-order valence-electron chi connectivity index (χ2n) is 3.35. The lowest BCUT2D eigenvalue weighted by atomic mass is 10.3. The largest absolute Gasteiger partial charge is 0.494 e. The highest BCUT2D eigenvalue weighted by molar-refractivity contribution is 6.30. The first-order valence-electron chi connectivity index (χ1n) is 5.10. The number of azo groups is 1. The number of hydrogen-bond donors (Lipinski definition) is 0. The lowest BCUT2D eigenvalue weighted by Gasteiger charge is -2.01. The molecule has 0 amide bonds. The maximum Gasteiger partial charge on any atom is 0.146 e. The maximum absolute atomic E-state index is 5.78. The quantitative estimate of drug-likeness (QED) is 0.719. The highest BCUT2D eigenvalue weighted by Gasteiger charge is 1.98. The van der Waals surface area contributed by atoms with Gasteiger partial charge in [-0.25, -0.2) is 0 Å². The van der Waals surface area contributed by atoms with Crippen LogP contribution in [0.15, 0.2) is 58.8 Å². The molecule has 0 atom stereocenters. The molecule has 0 aliphatic heterocycles. The van der Waals surface area contributed by atoms with Crippen LogP contribution in [0.2, 0.25) is 5.02 Å². The Bertz CT molecular complexity index is 523. The van der Waals surface area contributed by atoms with Crippen LogP contribution in [0.25, 0.3) is 0 Å². The highest BCUT2D eigenvalue weighted by Crippen LogP contribution is 2.28. The van der Waals surface area contributed by atoms with Crippen LogP contribution in [0.5, 0.6) is 5.75 Å². The Kier molecular flexibility index (Phi) is 3.73. The van der Waals surface area contributed by atoms with Crippen molar-refractivity contribution < 1.29 is 4.74 Å². The minimum atomic E-state index is 0.682. The Morgan fingerprint density at radius 2 is 1.65 bits per heavy atom. The molecule has 0 aromatic heterocycles. The molecule has 2 rings (SSSR count). The fourth-order valence-corrected chi connectivity index (χ4v) is 1.46. The summed E-state index contributed by atoms with van der Waals surface area (Å²) in [5.74, 6) is 0.699. The fourth-order valence-electron chi connectivity index (χ4n) is 1.33. The number of nitrogens with zero attached hydrogens (tertiary/aromatic N) is 2. The lowest BCUT2D eigenvalue weighted by molar-refractivity contribution is 0.416. The zero-order valence-electron chi connectivity index (χ0n) is 9.30. The third kappa shape index (κ3) is 3.04. The van der Waals surface area contributed by atoms with Crippen molar-refractivity contribution in [1.29, 1.82) is 0 Å². The first-order valence-corrected chi connectivity index (χ1v) is 5.48. The third-order valence-electron chi connectivity index (χ3n) is 2.19. The first kappa shape index (κ1) is 11.6. The van der Waals surface area contributed by atoms with Gasteiger partial charge in [0.1, 0.15) is 11.4 Å². The molecule has 2 aromatic rings. The van der Waals surface area contributed by atoms with Gasteiger partial charge in [0.25, 0.3) is 0 Å². The van der Waals surface area contributed by atoms with Crippen LogP contribution in [0.3, 0.4) is 0 Å². The topological polar surface area (TPSA) is 34.0 Å². The van der Waals surface area contributed by atoms with Gasteiger partial charge < -0.3 is 4.74 Å². The predicted molar refractivity (Wildman–Crippen MR) is 68.6 cm³/mol. The molecule has 0 radical (unpaired) electrons. The van der Waals surface area contributed by atoms with E-state index in [0.29, 0.717) is 16.5 Å². The van der Waals surface area contributed by atoms with Crippen LogP contribution in [0.1, 0.15) is 0 Å². The van der Waals surface area contributed by atoms with Crippen molar-refractivity contribution in [1.82, 2.24) is 0 Å². The van der Waals surface area contributed by atoms with E-state index in [1.54, 1.807) is 31.4 Å². The van der Waals surface area contributed by atoms with Gasteiger partial charge in [-0.2, -0.15) is 5.11 Å². The molecular formula is C13H11ClN2O. The van der Waals surface area contributed by atoms with Gasteiger partial charge in [-0.1, -0.05) is 23.7 Å². The zero-order chi connectivity index (χ0) is 12.1. The molecule has 0 N–H and O–H groups in total. The molecule has 0 spiro atoms. The number of ether oxygens (including phenoxy) is 1. The lowest BCUT2D eigenvalue weighted by Crippen LogP contribution is -1.81. The van der Waals surface area contributed by atoms with E-state index in [-0.39, 0.29) is 0 Å². The van der Waals surface area contributed by atoms with E-state index in [4.69, 9.17) is 16.3 Å². The van der Waals surface area contributed by atoms with Gasteiger partial charge in [0.15, 0.2) is 0 Å². The van der Waals surface area contributed by atoms with Crippen molar-refractivity contribution in [2.24, 2.45) is 10.2 Å². The molecule has 4 heteroatoms. The number of rotatable bonds is 3. The van der Waals surface area contributed by atoms with E-state index in [1.165, 1.54) is 0 Å². The molecule has 0 fully saturated rings.